The molecular weight excluding hydrogens is 670 g/mol. The van der Waals surface area contributed by atoms with E-state index in [-0.39, 0.29) is 41.9 Å². The minimum atomic E-state index is -0.465. The van der Waals surface area contributed by atoms with Crippen LogP contribution in [0, 0.1) is 25.7 Å². The number of nitrogens with zero attached hydrogens (tertiary/aromatic N) is 5. The summed E-state index contributed by atoms with van der Waals surface area (Å²) in [6.07, 6.45) is 7.43. The third-order valence-corrected chi connectivity index (χ3v) is 9.99. The summed E-state index contributed by atoms with van der Waals surface area (Å²) in [5, 5.41) is 6.99. The predicted molar refractivity (Wildman–Crippen MR) is 200 cm³/mol. The molecule has 2 aliphatic heterocycles. The molecule has 0 aliphatic carbocycles. The topological polar surface area (TPSA) is 152 Å². The Bertz CT molecular complexity index is 2630. The third-order valence-electron chi connectivity index (χ3n) is 9.99. The van der Waals surface area contributed by atoms with Crippen LogP contribution in [0.4, 0.5) is 11.4 Å². The van der Waals surface area contributed by atoms with E-state index in [0.717, 1.165) is 58.3 Å². The van der Waals surface area contributed by atoms with Gasteiger partial charge in [-0.3, -0.25) is 29.5 Å². The smallest absolute Gasteiger partial charge is 0.270 e. The Labute approximate surface area is 304 Å². The molecule has 264 valence electrons. The van der Waals surface area contributed by atoms with Crippen molar-refractivity contribution < 1.29 is 18.8 Å². The molecule has 53 heavy (non-hydrogen) atoms. The fourth-order valence-corrected chi connectivity index (χ4v) is 7.28. The number of anilines is 2. The molecule has 2 aromatic carbocycles. The van der Waals surface area contributed by atoms with Gasteiger partial charge in [-0.15, -0.1) is 0 Å². The summed E-state index contributed by atoms with van der Waals surface area (Å²) in [4.78, 5) is 66.1. The molecule has 1 saturated heterocycles. The molecule has 0 bridgehead atoms. The number of piperidine rings is 1. The van der Waals surface area contributed by atoms with E-state index < -0.39 is 5.92 Å². The van der Waals surface area contributed by atoms with Crippen molar-refractivity contribution in [1.29, 1.82) is 0 Å². The van der Waals surface area contributed by atoms with Gasteiger partial charge in [0.05, 0.1) is 47.5 Å². The zero-order valence-corrected chi connectivity index (χ0v) is 29.4. The third kappa shape index (κ3) is 6.20. The molecule has 0 spiro atoms. The summed E-state index contributed by atoms with van der Waals surface area (Å²) in [7, 11) is 1.80. The Morgan fingerprint density at radius 3 is 2.70 bits per heavy atom. The number of fused-ring (bicyclic) bond motifs is 3. The standard InChI is InChI=1S/C41H35N7O5/c1-23-17-26(38-44-21-34-31(45-38)8-6-16-48(34)33-10-4-9-32-29(33)18-24(2)41(52)47(32)3)20-43-37(23)40(51)42-15-5-7-25-11-13-35-28(19-25)30(22-53-35)27-12-14-36(49)46-39(27)50/h4,9-11,13,17-22,27H,6,8,12,14-16H2,1-3H3,(H,42,51)(H,46,49,50). The van der Waals surface area contributed by atoms with Gasteiger partial charge in [0.15, 0.2) is 5.82 Å². The SMILES string of the molecule is Cc1cc(-c2ncc3c(n2)CCCN3c2cccc3c2cc(C)c(=O)n3C)cnc1C(=O)NCC#Cc1ccc2occ(C3CCC(=O)NC3=O)c2c1. The van der Waals surface area contributed by atoms with Crippen LogP contribution in [0.25, 0.3) is 33.3 Å². The molecule has 1 fully saturated rings. The van der Waals surface area contributed by atoms with Crippen molar-refractivity contribution in [3.8, 4) is 23.2 Å². The van der Waals surface area contributed by atoms with Crippen molar-refractivity contribution in [3.05, 3.63) is 111 Å². The number of pyridine rings is 2. The van der Waals surface area contributed by atoms with Gasteiger partial charge in [-0.25, -0.2) is 9.97 Å². The van der Waals surface area contributed by atoms with E-state index >= 15 is 0 Å². The normalized spacial score (nSPS) is 15.5. The first-order valence-corrected chi connectivity index (χ1v) is 17.5. The maximum atomic E-state index is 13.1. The second-order valence-corrected chi connectivity index (χ2v) is 13.5. The number of aromatic nitrogens is 4. The number of nitrogens with one attached hydrogen (secondary N) is 2. The van der Waals surface area contributed by atoms with E-state index in [2.05, 4.69) is 38.4 Å². The zero-order chi connectivity index (χ0) is 36.8. The Balaban J connectivity index is 0.961. The molecule has 2 N–H and O–H groups in total. The van der Waals surface area contributed by atoms with E-state index in [4.69, 9.17) is 14.4 Å². The first-order valence-electron chi connectivity index (χ1n) is 17.5. The van der Waals surface area contributed by atoms with Crippen LogP contribution in [0.1, 0.15) is 63.6 Å². The highest BCUT2D eigenvalue weighted by molar-refractivity contribution is 6.03. The minimum Gasteiger partial charge on any atom is -0.464 e. The summed E-state index contributed by atoms with van der Waals surface area (Å²) in [5.41, 5.74) is 8.15. The van der Waals surface area contributed by atoms with Crippen molar-refractivity contribution >= 4 is 51.0 Å². The highest BCUT2D eigenvalue weighted by Crippen LogP contribution is 2.37. The first-order chi connectivity index (χ1) is 25.7. The van der Waals surface area contributed by atoms with E-state index in [1.165, 1.54) is 0 Å². The highest BCUT2D eigenvalue weighted by atomic mass is 16.3. The lowest BCUT2D eigenvalue weighted by Gasteiger charge is -2.31. The number of rotatable bonds is 5. The van der Waals surface area contributed by atoms with Crippen molar-refractivity contribution in [2.45, 2.75) is 45.4 Å². The van der Waals surface area contributed by atoms with E-state index in [1.807, 2.05) is 56.4 Å². The first kappa shape index (κ1) is 33.5. The van der Waals surface area contributed by atoms with Gasteiger partial charge in [0.2, 0.25) is 11.8 Å². The number of carbonyl (C=O) groups excluding carboxylic acids is 3. The minimum absolute atomic E-state index is 0.00727. The van der Waals surface area contributed by atoms with Crippen LogP contribution in [0.15, 0.2) is 76.4 Å². The Morgan fingerprint density at radius 1 is 1.00 bits per heavy atom. The number of aryl methyl sites for hydroxylation is 4. The van der Waals surface area contributed by atoms with Crippen LogP contribution < -0.4 is 21.1 Å². The molecule has 12 heteroatoms. The average Bonchev–Trinajstić information content (AvgIpc) is 3.58. The molecular formula is C41H35N7O5. The number of carbonyl (C=O) groups is 3. The van der Waals surface area contributed by atoms with Crippen LogP contribution in [-0.2, 0) is 23.1 Å². The highest BCUT2D eigenvalue weighted by Gasteiger charge is 2.30. The van der Waals surface area contributed by atoms with Gasteiger partial charge in [0, 0.05) is 59.2 Å². The molecule has 0 radical (unpaired) electrons. The average molecular weight is 706 g/mol. The summed E-state index contributed by atoms with van der Waals surface area (Å²) in [6, 6.07) is 15.3. The molecule has 4 aromatic heterocycles. The van der Waals surface area contributed by atoms with Gasteiger partial charge in [0.1, 0.15) is 11.3 Å². The predicted octanol–water partition coefficient (Wildman–Crippen LogP) is 5.14. The largest absolute Gasteiger partial charge is 0.464 e. The van der Waals surface area contributed by atoms with Gasteiger partial charge in [-0.05, 0) is 81.1 Å². The molecule has 0 saturated carbocycles. The maximum absolute atomic E-state index is 13.1. The van der Waals surface area contributed by atoms with E-state index in [0.29, 0.717) is 40.1 Å². The molecule has 1 unspecified atom stereocenters. The summed E-state index contributed by atoms with van der Waals surface area (Å²) in [5.74, 6) is 5.18. The fraction of sp³-hybridized carbons (Fsp3) is 0.244. The monoisotopic (exact) mass is 705 g/mol. The lowest BCUT2D eigenvalue weighted by Crippen LogP contribution is -2.39. The van der Waals surface area contributed by atoms with Crippen molar-refractivity contribution in [2.75, 3.05) is 18.0 Å². The van der Waals surface area contributed by atoms with E-state index in [1.54, 1.807) is 30.1 Å². The second kappa shape index (κ2) is 13.5. The molecule has 12 nitrogen and oxygen atoms in total. The molecule has 6 aromatic rings. The Morgan fingerprint density at radius 2 is 1.87 bits per heavy atom. The zero-order valence-electron chi connectivity index (χ0n) is 29.4. The number of hydrogen-bond acceptors (Lipinski definition) is 9. The fourth-order valence-electron chi connectivity index (χ4n) is 7.28. The van der Waals surface area contributed by atoms with Crippen molar-refractivity contribution in [2.24, 2.45) is 7.05 Å². The summed E-state index contributed by atoms with van der Waals surface area (Å²) in [6.45, 7) is 4.57. The number of benzene rings is 2. The van der Waals surface area contributed by atoms with Crippen LogP contribution >= 0.6 is 0 Å². The quantitative estimate of drug-likeness (QED) is 0.184. The van der Waals surface area contributed by atoms with Crippen LogP contribution in [0.5, 0.6) is 0 Å². The summed E-state index contributed by atoms with van der Waals surface area (Å²) >= 11 is 0. The molecule has 3 amide bonds. The van der Waals surface area contributed by atoms with E-state index in [9.17, 15) is 19.2 Å². The Kier molecular flexibility index (Phi) is 8.54. The van der Waals surface area contributed by atoms with Crippen LogP contribution in [0.2, 0.25) is 0 Å². The lowest BCUT2D eigenvalue weighted by molar-refractivity contribution is -0.134. The maximum Gasteiger partial charge on any atom is 0.270 e. The van der Waals surface area contributed by atoms with Gasteiger partial charge in [-0.1, -0.05) is 17.9 Å². The van der Waals surface area contributed by atoms with Crippen LogP contribution in [0.3, 0.4) is 0 Å². The molecule has 8 rings (SSSR count). The molecule has 2 aliphatic rings. The number of imide groups is 1. The number of amides is 3. The molecule has 6 heterocycles. The van der Waals surface area contributed by atoms with Gasteiger partial charge in [-0.2, -0.15) is 0 Å². The second-order valence-electron chi connectivity index (χ2n) is 13.5. The number of hydrogen-bond donors (Lipinski definition) is 2. The van der Waals surface area contributed by atoms with Crippen molar-refractivity contribution in [1.82, 2.24) is 30.2 Å². The van der Waals surface area contributed by atoms with Gasteiger partial charge in [0.25, 0.3) is 11.5 Å². The Hall–Kier alpha value is -6.61. The van der Waals surface area contributed by atoms with Gasteiger partial charge >= 0.3 is 0 Å². The molecule has 1 atom stereocenters. The number of furan rings is 1. The summed E-state index contributed by atoms with van der Waals surface area (Å²) < 4.78 is 7.35. The van der Waals surface area contributed by atoms with Gasteiger partial charge < -0.3 is 19.2 Å². The van der Waals surface area contributed by atoms with Crippen molar-refractivity contribution in [3.63, 3.8) is 0 Å². The lowest BCUT2D eigenvalue weighted by atomic mass is 9.90. The van der Waals surface area contributed by atoms with Crippen LogP contribution in [-0.4, -0.2) is 50.3 Å².